The minimum atomic E-state index is 0.642. The highest BCUT2D eigenvalue weighted by atomic mass is 32.1. The molecule has 11 heavy (non-hydrogen) atoms. The first-order valence-electron chi connectivity index (χ1n) is 4.91. The number of hydrogen-bond acceptors (Lipinski definition) is 1. The fourth-order valence-electron chi connectivity index (χ4n) is 2.56. The Bertz CT molecular complexity index is 149. The summed E-state index contributed by atoms with van der Waals surface area (Å²) in [6, 6.07) is 0. The third kappa shape index (κ3) is 1.32. The molecule has 0 spiro atoms. The van der Waals surface area contributed by atoms with Gasteiger partial charge in [-0.1, -0.05) is 26.2 Å². The zero-order chi connectivity index (χ0) is 7.90. The third-order valence-corrected chi connectivity index (χ3v) is 4.54. The molecule has 0 amide bonds. The highest BCUT2D eigenvalue weighted by Gasteiger charge is 2.52. The Kier molecular flexibility index (Phi) is 1.95. The fraction of sp³-hybridized carbons (Fsp3) is 1.00. The summed E-state index contributed by atoms with van der Waals surface area (Å²) in [4.78, 5) is 0. The molecule has 0 aromatic carbocycles. The van der Waals surface area contributed by atoms with E-state index in [1.165, 1.54) is 38.5 Å². The molecule has 0 radical (unpaired) electrons. The van der Waals surface area contributed by atoms with Crippen molar-refractivity contribution in [1.29, 1.82) is 0 Å². The van der Waals surface area contributed by atoms with E-state index in [0.717, 1.165) is 11.2 Å². The van der Waals surface area contributed by atoms with Crippen LogP contribution in [0.4, 0.5) is 0 Å². The van der Waals surface area contributed by atoms with Crippen LogP contribution >= 0.6 is 12.6 Å². The van der Waals surface area contributed by atoms with E-state index in [1.54, 1.807) is 0 Å². The molecule has 0 bridgehead atoms. The first kappa shape index (κ1) is 7.97. The largest absolute Gasteiger partial charge is 0.175 e. The fourth-order valence-corrected chi connectivity index (χ4v) is 3.16. The van der Waals surface area contributed by atoms with Gasteiger partial charge in [0, 0.05) is 5.25 Å². The van der Waals surface area contributed by atoms with Crippen molar-refractivity contribution in [2.45, 2.75) is 50.7 Å². The van der Waals surface area contributed by atoms with Gasteiger partial charge in [0.05, 0.1) is 0 Å². The zero-order valence-corrected chi connectivity index (χ0v) is 8.24. The van der Waals surface area contributed by atoms with Gasteiger partial charge in [0.15, 0.2) is 0 Å². The van der Waals surface area contributed by atoms with Gasteiger partial charge >= 0.3 is 0 Å². The van der Waals surface area contributed by atoms with E-state index in [9.17, 15) is 0 Å². The molecule has 2 saturated carbocycles. The number of rotatable bonds is 1. The molecule has 0 aliphatic heterocycles. The predicted octanol–water partition coefficient (Wildman–Crippen LogP) is 3.28. The summed E-state index contributed by atoms with van der Waals surface area (Å²) >= 11 is 4.57. The number of thiol groups is 1. The maximum atomic E-state index is 4.57. The van der Waals surface area contributed by atoms with Crippen molar-refractivity contribution < 1.29 is 0 Å². The Hall–Kier alpha value is 0.350. The van der Waals surface area contributed by atoms with Crippen molar-refractivity contribution in [3.05, 3.63) is 0 Å². The van der Waals surface area contributed by atoms with Crippen molar-refractivity contribution in [3.8, 4) is 0 Å². The zero-order valence-electron chi connectivity index (χ0n) is 7.34. The standard InChI is InChI=1S/C10H18S/c1-10(7-9(10)11)8-5-3-2-4-6-8/h8-9,11H,2-7H2,1H3. The molecule has 0 N–H and O–H groups in total. The normalized spacial score (nSPS) is 45.8. The van der Waals surface area contributed by atoms with Crippen LogP contribution in [0.5, 0.6) is 0 Å². The van der Waals surface area contributed by atoms with Gasteiger partial charge in [0.25, 0.3) is 0 Å². The van der Waals surface area contributed by atoms with Crippen molar-refractivity contribution >= 4 is 12.6 Å². The molecule has 2 aliphatic carbocycles. The molecule has 0 saturated heterocycles. The molecule has 0 aromatic heterocycles. The minimum absolute atomic E-state index is 0.642. The summed E-state index contributed by atoms with van der Waals surface area (Å²) in [5, 5.41) is 0.727. The Morgan fingerprint density at radius 3 is 2.18 bits per heavy atom. The molecule has 2 atom stereocenters. The first-order chi connectivity index (χ1) is 5.23. The summed E-state index contributed by atoms with van der Waals surface area (Å²) in [5.41, 5.74) is 0.642. The molecule has 0 nitrogen and oxygen atoms in total. The number of hydrogen-bond donors (Lipinski definition) is 1. The van der Waals surface area contributed by atoms with Crippen molar-refractivity contribution in [2.75, 3.05) is 0 Å². The summed E-state index contributed by atoms with van der Waals surface area (Å²) in [7, 11) is 0. The van der Waals surface area contributed by atoms with Crippen LogP contribution < -0.4 is 0 Å². The average molecular weight is 170 g/mol. The van der Waals surface area contributed by atoms with Gasteiger partial charge in [0.1, 0.15) is 0 Å². The van der Waals surface area contributed by atoms with Gasteiger partial charge in [0.2, 0.25) is 0 Å². The van der Waals surface area contributed by atoms with Gasteiger partial charge in [-0.05, 0) is 30.6 Å². The second kappa shape index (κ2) is 2.69. The van der Waals surface area contributed by atoms with Crippen molar-refractivity contribution in [2.24, 2.45) is 11.3 Å². The van der Waals surface area contributed by atoms with E-state index in [-0.39, 0.29) is 0 Å². The molecule has 64 valence electrons. The molecule has 2 fully saturated rings. The van der Waals surface area contributed by atoms with Crippen LogP contribution in [0, 0.1) is 11.3 Å². The van der Waals surface area contributed by atoms with Gasteiger partial charge < -0.3 is 0 Å². The Morgan fingerprint density at radius 2 is 1.73 bits per heavy atom. The SMILES string of the molecule is CC1(C2CCCCC2)CC1S. The minimum Gasteiger partial charge on any atom is -0.175 e. The van der Waals surface area contributed by atoms with E-state index >= 15 is 0 Å². The van der Waals surface area contributed by atoms with Crippen LogP contribution in [0.15, 0.2) is 0 Å². The predicted molar refractivity (Wildman–Crippen MR) is 52.1 cm³/mol. The average Bonchev–Trinajstić information content (AvgIpc) is 2.64. The Morgan fingerprint density at radius 1 is 1.18 bits per heavy atom. The highest BCUT2D eigenvalue weighted by molar-refractivity contribution is 7.81. The second-order valence-electron chi connectivity index (χ2n) is 4.56. The van der Waals surface area contributed by atoms with Crippen molar-refractivity contribution in [1.82, 2.24) is 0 Å². The van der Waals surface area contributed by atoms with Crippen LogP contribution in [0.3, 0.4) is 0 Å². The summed E-state index contributed by atoms with van der Waals surface area (Å²) < 4.78 is 0. The van der Waals surface area contributed by atoms with E-state index in [2.05, 4.69) is 19.6 Å². The highest BCUT2D eigenvalue weighted by Crippen LogP contribution is 2.58. The summed E-state index contributed by atoms with van der Waals surface area (Å²) in [6.07, 6.45) is 8.76. The lowest BCUT2D eigenvalue weighted by molar-refractivity contribution is 0.247. The second-order valence-corrected chi connectivity index (χ2v) is 5.18. The molecular formula is C10H18S. The lowest BCUT2D eigenvalue weighted by atomic mass is 9.79. The van der Waals surface area contributed by atoms with Crippen LogP contribution in [0.1, 0.15) is 45.4 Å². The molecule has 0 heterocycles. The molecule has 2 rings (SSSR count). The van der Waals surface area contributed by atoms with Gasteiger partial charge in [-0.25, -0.2) is 0 Å². The first-order valence-corrected chi connectivity index (χ1v) is 5.43. The maximum Gasteiger partial charge on any atom is 0.00793 e. The molecule has 1 heteroatoms. The Labute approximate surface area is 75.2 Å². The van der Waals surface area contributed by atoms with Gasteiger partial charge in [-0.2, -0.15) is 12.6 Å². The lowest BCUT2D eigenvalue weighted by Crippen LogP contribution is -2.18. The molecule has 2 unspecified atom stereocenters. The van der Waals surface area contributed by atoms with Crippen molar-refractivity contribution in [3.63, 3.8) is 0 Å². The van der Waals surface area contributed by atoms with Crippen LogP contribution in [-0.2, 0) is 0 Å². The monoisotopic (exact) mass is 170 g/mol. The molecular weight excluding hydrogens is 152 g/mol. The van der Waals surface area contributed by atoms with E-state index in [1.807, 2.05) is 0 Å². The van der Waals surface area contributed by atoms with Crippen LogP contribution in [0.25, 0.3) is 0 Å². The molecule has 0 aromatic rings. The summed E-state index contributed by atoms with van der Waals surface area (Å²) in [5.74, 6) is 1.01. The van der Waals surface area contributed by atoms with Crippen LogP contribution in [0.2, 0.25) is 0 Å². The third-order valence-electron chi connectivity index (χ3n) is 3.77. The van der Waals surface area contributed by atoms with E-state index < -0.39 is 0 Å². The molecule has 2 aliphatic rings. The van der Waals surface area contributed by atoms with E-state index in [4.69, 9.17) is 0 Å². The van der Waals surface area contributed by atoms with Crippen LogP contribution in [-0.4, -0.2) is 5.25 Å². The summed E-state index contributed by atoms with van der Waals surface area (Å²) in [6.45, 7) is 2.43. The van der Waals surface area contributed by atoms with Gasteiger partial charge in [-0.3, -0.25) is 0 Å². The topological polar surface area (TPSA) is 0 Å². The maximum absolute atomic E-state index is 4.57. The Balaban J connectivity index is 1.94. The van der Waals surface area contributed by atoms with Gasteiger partial charge in [-0.15, -0.1) is 0 Å². The quantitative estimate of drug-likeness (QED) is 0.574. The smallest absolute Gasteiger partial charge is 0.00793 e. The van der Waals surface area contributed by atoms with E-state index in [0.29, 0.717) is 5.41 Å². The lowest BCUT2D eigenvalue weighted by Gasteiger charge is -2.27.